The van der Waals surface area contributed by atoms with Crippen LogP contribution in [0.3, 0.4) is 0 Å². The Morgan fingerprint density at radius 2 is 2.03 bits per heavy atom. The highest BCUT2D eigenvalue weighted by molar-refractivity contribution is 5.98. The minimum Gasteiger partial charge on any atom is -0.383 e. The summed E-state index contributed by atoms with van der Waals surface area (Å²) in [4.78, 5) is 10.6. The van der Waals surface area contributed by atoms with E-state index in [-0.39, 0.29) is 23.5 Å². The van der Waals surface area contributed by atoms with Crippen LogP contribution in [0.1, 0.15) is 31.0 Å². The molecule has 0 amide bonds. The molecule has 1 saturated heterocycles. The Morgan fingerprint density at radius 1 is 1.30 bits per heavy atom. The molecule has 0 unspecified atom stereocenters. The van der Waals surface area contributed by atoms with Gasteiger partial charge in [0.15, 0.2) is 5.69 Å². The number of hydrogen-bond donors (Lipinski definition) is 2. The molecule has 12 heteroatoms. The van der Waals surface area contributed by atoms with Crippen LogP contribution >= 0.6 is 0 Å². The molecular weight excluding hydrogens is 399 g/mol. The first-order chi connectivity index (χ1) is 14.1. The van der Waals surface area contributed by atoms with Crippen molar-refractivity contribution < 1.29 is 13.2 Å². The first-order valence-corrected chi connectivity index (χ1v) is 9.32. The monoisotopic (exact) mass is 419 g/mol. The molecule has 3 aromatic heterocycles. The van der Waals surface area contributed by atoms with Gasteiger partial charge in [0.2, 0.25) is 5.95 Å². The third-order valence-corrected chi connectivity index (χ3v) is 5.31. The molecule has 1 fully saturated rings. The summed E-state index contributed by atoms with van der Waals surface area (Å²) in [6.45, 7) is 2.87. The molecule has 1 aliphatic heterocycles. The number of nitrogens with two attached hydrogens (primary N) is 1. The fourth-order valence-corrected chi connectivity index (χ4v) is 3.98. The molecule has 0 aliphatic carbocycles. The Labute approximate surface area is 169 Å². The van der Waals surface area contributed by atoms with E-state index in [2.05, 4.69) is 38.3 Å². The molecule has 0 radical (unpaired) electrons. The molecule has 0 bridgehead atoms. The van der Waals surface area contributed by atoms with Gasteiger partial charge in [0.25, 0.3) is 0 Å². The summed E-state index contributed by atoms with van der Waals surface area (Å²) in [5, 5.41) is 16.2. The molecule has 0 aromatic carbocycles. The van der Waals surface area contributed by atoms with Crippen LogP contribution in [0.5, 0.6) is 0 Å². The fraction of sp³-hybridized carbons (Fsp3) is 0.444. The highest BCUT2D eigenvalue weighted by atomic mass is 19.4. The van der Waals surface area contributed by atoms with Crippen molar-refractivity contribution in [1.82, 2.24) is 24.3 Å². The number of nitrogens with zero attached hydrogens (tertiary/aromatic N) is 7. The van der Waals surface area contributed by atoms with Crippen molar-refractivity contribution in [2.24, 2.45) is 14.1 Å². The molecule has 30 heavy (non-hydrogen) atoms. The van der Waals surface area contributed by atoms with Gasteiger partial charge in [-0.2, -0.15) is 33.5 Å². The number of aromatic nitrogens is 5. The van der Waals surface area contributed by atoms with Crippen LogP contribution in [0.2, 0.25) is 0 Å². The summed E-state index contributed by atoms with van der Waals surface area (Å²) >= 11 is 0. The molecule has 9 nitrogen and oxygen atoms in total. The minimum absolute atomic E-state index is 0.0187. The smallest absolute Gasteiger partial charge is 0.383 e. The summed E-state index contributed by atoms with van der Waals surface area (Å²) in [5.74, 6) is 0.600. The van der Waals surface area contributed by atoms with Gasteiger partial charge in [-0.15, -0.1) is 0 Å². The van der Waals surface area contributed by atoms with Crippen LogP contribution in [0.15, 0.2) is 6.20 Å². The van der Waals surface area contributed by atoms with Gasteiger partial charge in [0.05, 0.1) is 11.1 Å². The Kier molecular flexibility index (Phi) is 4.48. The Balaban J connectivity index is 1.84. The maximum absolute atomic E-state index is 13.2. The summed E-state index contributed by atoms with van der Waals surface area (Å²) in [6.07, 6.45) is -1.45. The van der Waals surface area contributed by atoms with E-state index in [9.17, 15) is 18.4 Å². The zero-order valence-electron chi connectivity index (χ0n) is 16.6. The summed E-state index contributed by atoms with van der Waals surface area (Å²) in [7, 11) is 3.14. The van der Waals surface area contributed by atoms with E-state index in [0.29, 0.717) is 22.4 Å². The van der Waals surface area contributed by atoms with E-state index in [1.807, 2.05) is 0 Å². The average Bonchev–Trinajstić information content (AvgIpc) is 3.31. The zero-order valence-corrected chi connectivity index (χ0v) is 16.6. The largest absolute Gasteiger partial charge is 0.437 e. The van der Waals surface area contributed by atoms with Crippen LogP contribution in [-0.4, -0.2) is 36.9 Å². The molecule has 0 spiro atoms. The molecular formula is C18H20F3N9. The topological polar surface area (TPSA) is 114 Å². The Morgan fingerprint density at radius 3 is 2.63 bits per heavy atom. The van der Waals surface area contributed by atoms with Gasteiger partial charge in [0.1, 0.15) is 28.9 Å². The first kappa shape index (κ1) is 19.8. The lowest BCUT2D eigenvalue weighted by Crippen LogP contribution is -2.28. The number of halogens is 3. The lowest BCUT2D eigenvalue weighted by molar-refractivity contribution is -0.140. The molecule has 158 valence electrons. The van der Waals surface area contributed by atoms with Crippen molar-refractivity contribution in [1.29, 1.82) is 5.26 Å². The third kappa shape index (κ3) is 3.06. The van der Waals surface area contributed by atoms with Gasteiger partial charge in [-0.05, 0) is 19.8 Å². The molecule has 1 aliphatic rings. The van der Waals surface area contributed by atoms with Gasteiger partial charge in [-0.1, -0.05) is 0 Å². The molecule has 3 N–H and O–H groups in total. The predicted octanol–water partition coefficient (Wildman–Crippen LogP) is 2.91. The number of nitrogens with one attached hydrogen (secondary N) is 1. The minimum atomic E-state index is -4.64. The fourth-order valence-electron chi connectivity index (χ4n) is 3.98. The number of rotatable bonds is 3. The highest BCUT2D eigenvalue weighted by Crippen LogP contribution is 2.38. The maximum atomic E-state index is 13.2. The van der Waals surface area contributed by atoms with Gasteiger partial charge in [-0.25, -0.2) is 0 Å². The van der Waals surface area contributed by atoms with Crippen molar-refractivity contribution in [2.45, 2.75) is 32.0 Å². The molecule has 4 rings (SSSR count). The molecule has 3 aromatic rings. The second-order valence-corrected chi connectivity index (χ2v) is 7.37. The van der Waals surface area contributed by atoms with E-state index in [4.69, 9.17) is 5.73 Å². The number of fused-ring (bicyclic) bond motifs is 1. The second-order valence-electron chi connectivity index (χ2n) is 7.37. The van der Waals surface area contributed by atoms with Crippen molar-refractivity contribution in [3.05, 3.63) is 17.5 Å². The number of aryl methyl sites for hydroxylation is 2. The van der Waals surface area contributed by atoms with Crippen LogP contribution in [0.4, 0.5) is 36.4 Å². The lowest BCUT2D eigenvalue weighted by Gasteiger charge is -2.24. The maximum Gasteiger partial charge on any atom is 0.437 e. The van der Waals surface area contributed by atoms with E-state index in [1.54, 1.807) is 11.6 Å². The van der Waals surface area contributed by atoms with E-state index < -0.39 is 11.9 Å². The summed E-state index contributed by atoms with van der Waals surface area (Å²) < 4.78 is 42.5. The van der Waals surface area contributed by atoms with Crippen molar-refractivity contribution >= 4 is 34.3 Å². The van der Waals surface area contributed by atoms with Crippen molar-refractivity contribution in [2.75, 3.05) is 22.5 Å². The van der Waals surface area contributed by atoms with Gasteiger partial charge in [-0.3, -0.25) is 4.68 Å². The van der Waals surface area contributed by atoms with Crippen LogP contribution in [0.25, 0.3) is 11.0 Å². The standard InChI is InChI=1S/C18H20F3N9/c1-9-5-4-6-30(9)16-10(7-22)12-14(23)25-17(26-15(12)29(16)3)24-11-8-28(2)27-13(11)18(19,20)21/h8-9H,4-6H2,1-3H3,(H3,23,24,25,26)/t9-/m1/s1. The Bertz CT molecular complexity index is 1170. The van der Waals surface area contributed by atoms with Crippen LogP contribution < -0.4 is 16.0 Å². The van der Waals surface area contributed by atoms with Crippen molar-refractivity contribution in [3.8, 4) is 6.07 Å². The lowest BCUT2D eigenvalue weighted by atomic mass is 10.2. The number of nitrogen functional groups attached to an aromatic ring is 1. The SMILES string of the molecule is C[C@@H]1CCCN1c1c(C#N)c2c(N)nc(Nc3cn(C)nc3C(F)(F)F)nc2n1C. The highest BCUT2D eigenvalue weighted by Gasteiger charge is 2.37. The normalized spacial score (nSPS) is 17.0. The van der Waals surface area contributed by atoms with E-state index in [0.717, 1.165) is 24.1 Å². The quantitative estimate of drug-likeness (QED) is 0.671. The number of hydrogen-bond acceptors (Lipinski definition) is 7. The number of alkyl halides is 3. The van der Waals surface area contributed by atoms with E-state index >= 15 is 0 Å². The van der Waals surface area contributed by atoms with Crippen LogP contribution in [-0.2, 0) is 20.3 Å². The third-order valence-electron chi connectivity index (χ3n) is 5.31. The van der Waals surface area contributed by atoms with Crippen LogP contribution in [0, 0.1) is 11.3 Å². The number of nitriles is 1. The van der Waals surface area contributed by atoms with Gasteiger partial charge < -0.3 is 20.5 Å². The second kappa shape index (κ2) is 6.79. The first-order valence-electron chi connectivity index (χ1n) is 9.32. The predicted molar refractivity (Wildman–Crippen MR) is 105 cm³/mol. The summed E-state index contributed by atoms with van der Waals surface area (Å²) in [6, 6.07) is 2.44. The summed E-state index contributed by atoms with van der Waals surface area (Å²) in [5.41, 5.74) is 5.48. The van der Waals surface area contributed by atoms with Crippen molar-refractivity contribution in [3.63, 3.8) is 0 Å². The molecule has 4 heterocycles. The van der Waals surface area contributed by atoms with E-state index in [1.165, 1.54) is 13.2 Å². The van der Waals surface area contributed by atoms with Gasteiger partial charge in [0, 0.05) is 32.9 Å². The number of anilines is 4. The zero-order chi connectivity index (χ0) is 21.8. The average molecular weight is 419 g/mol. The van der Waals surface area contributed by atoms with Gasteiger partial charge >= 0.3 is 6.18 Å². The molecule has 1 atom stereocenters. The molecule has 0 saturated carbocycles. The Hall–Kier alpha value is -3.49.